The van der Waals surface area contributed by atoms with Gasteiger partial charge in [-0.15, -0.1) is 0 Å². The predicted octanol–water partition coefficient (Wildman–Crippen LogP) is 2.39. The molecule has 0 aliphatic carbocycles. The molecule has 6 nitrogen and oxygen atoms in total. The van der Waals surface area contributed by atoms with Gasteiger partial charge in [0.1, 0.15) is 5.75 Å². The Morgan fingerprint density at radius 3 is 2.84 bits per heavy atom. The van der Waals surface area contributed by atoms with Crippen molar-refractivity contribution in [2.24, 2.45) is 7.05 Å². The summed E-state index contributed by atoms with van der Waals surface area (Å²) in [5.74, 6) is 0.363. The van der Waals surface area contributed by atoms with Crippen molar-refractivity contribution in [2.45, 2.75) is 19.4 Å². The third-order valence-electron chi connectivity index (χ3n) is 4.12. The normalized spacial score (nSPS) is 10.8. The maximum Gasteiger partial charge on any atom is 0.419 e. The van der Waals surface area contributed by atoms with Crippen molar-refractivity contribution in [3.05, 3.63) is 64.1 Å². The van der Waals surface area contributed by atoms with Crippen LogP contribution in [0.15, 0.2) is 51.7 Å². The molecule has 0 unspecified atom stereocenters. The van der Waals surface area contributed by atoms with E-state index in [1.807, 2.05) is 36.4 Å². The Balaban J connectivity index is 1.56. The maximum atomic E-state index is 12.0. The Bertz CT molecular complexity index is 955. The van der Waals surface area contributed by atoms with Gasteiger partial charge in [0.05, 0.1) is 12.6 Å². The standard InChI is InChI=1S/C19H20N2O4/c1-21-16-8-6-14(11-17(16)25-19(21)23)12-20-18(22)9-7-13-4-3-5-15(10-13)24-2/h3-6,8,10-11H,7,9,12H2,1-2H3,(H,20,22). The second-order valence-corrected chi connectivity index (χ2v) is 5.86. The van der Waals surface area contributed by atoms with E-state index in [2.05, 4.69) is 5.32 Å². The van der Waals surface area contributed by atoms with Crippen molar-refractivity contribution < 1.29 is 13.9 Å². The fourth-order valence-electron chi connectivity index (χ4n) is 2.66. The molecule has 1 N–H and O–H groups in total. The van der Waals surface area contributed by atoms with Crippen molar-refractivity contribution in [3.8, 4) is 5.75 Å². The smallest absolute Gasteiger partial charge is 0.419 e. The zero-order chi connectivity index (χ0) is 17.8. The summed E-state index contributed by atoms with van der Waals surface area (Å²) in [4.78, 5) is 23.5. The Morgan fingerprint density at radius 1 is 1.20 bits per heavy atom. The molecule has 130 valence electrons. The number of rotatable bonds is 6. The number of methoxy groups -OCH3 is 1. The number of aryl methyl sites for hydroxylation is 2. The number of carbonyl (C=O) groups is 1. The van der Waals surface area contributed by atoms with Gasteiger partial charge in [-0.25, -0.2) is 4.79 Å². The molecule has 0 atom stereocenters. The van der Waals surface area contributed by atoms with Gasteiger partial charge in [-0.2, -0.15) is 0 Å². The summed E-state index contributed by atoms with van der Waals surface area (Å²) in [5, 5.41) is 2.89. The van der Waals surface area contributed by atoms with Crippen LogP contribution in [0.4, 0.5) is 0 Å². The highest BCUT2D eigenvalue weighted by molar-refractivity contribution is 5.77. The summed E-state index contributed by atoms with van der Waals surface area (Å²) < 4.78 is 11.8. The Labute approximate surface area is 145 Å². The average Bonchev–Trinajstić information content (AvgIpc) is 2.92. The van der Waals surface area contributed by atoms with E-state index in [0.29, 0.717) is 25.0 Å². The highest BCUT2D eigenvalue weighted by Crippen LogP contribution is 2.15. The molecule has 0 radical (unpaired) electrons. The van der Waals surface area contributed by atoms with E-state index >= 15 is 0 Å². The first kappa shape index (κ1) is 16.8. The van der Waals surface area contributed by atoms with E-state index in [1.54, 1.807) is 20.2 Å². The quantitative estimate of drug-likeness (QED) is 0.748. The van der Waals surface area contributed by atoms with Gasteiger partial charge >= 0.3 is 5.76 Å². The average molecular weight is 340 g/mol. The molecular weight excluding hydrogens is 320 g/mol. The Morgan fingerprint density at radius 2 is 2.04 bits per heavy atom. The molecule has 0 aliphatic rings. The van der Waals surface area contributed by atoms with Gasteiger partial charge in [0.2, 0.25) is 5.91 Å². The van der Waals surface area contributed by atoms with Crippen LogP contribution in [0, 0.1) is 0 Å². The fraction of sp³-hybridized carbons (Fsp3) is 0.263. The van der Waals surface area contributed by atoms with Gasteiger partial charge in [0.25, 0.3) is 0 Å². The molecule has 3 rings (SSSR count). The predicted molar refractivity (Wildman–Crippen MR) is 94.6 cm³/mol. The number of amides is 1. The maximum absolute atomic E-state index is 12.0. The van der Waals surface area contributed by atoms with Crippen LogP contribution in [-0.4, -0.2) is 17.6 Å². The Hall–Kier alpha value is -3.02. The van der Waals surface area contributed by atoms with Crippen LogP contribution in [0.5, 0.6) is 5.75 Å². The molecule has 2 aromatic carbocycles. The molecule has 1 heterocycles. The van der Waals surface area contributed by atoms with E-state index in [9.17, 15) is 9.59 Å². The van der Waals surface area contributed by atoms with Crippen molar-refractivity contribution in [1.82, 2.24) is 9.88 Å². The molecule has 25 heavy (non-hydrogen) atoms. The van der Waals surface area contributed by atoms with E-state index in [1.165, 1.54) is 4.57 Å². The topological polar surface area (TPSA) is 73.5 Å². The van der Waals surface area contributed by atoms with Gasteiger partial charge in [-0.1, -0.05) is 18.2 Å². The molecule has 0 saturated heterocycles. The van der Waals surface area contributed by atoms with Crippen molar-refractivity contribution in [1.29, 1.82) is 0 Å². The van der Waals surface area contributed by atoms with Crippen molar-refractivity contribution in [3.63, 3.8) is 0 Å². The third kappa shape index (κ3) is 3.91. The van der Waals surface area contributed by atoms with Crippen molar-refractivity contribution >= 4 is 17.0 Å². The van der Waals surface area contributed by atoms with E-state index in [-0.39, 0.29) is 5.91 Å². The minimum absolute atomic E-state index is 0.0302. The van der Waals surface area contributed by atoms with Gasteiger partial charge in [0, 0.05) is 20.0 Å². The lowest BCUT2D eigenvalue weighted by molar-refractivity contribution is -0.121. The third-order valence-corrected chi connectivity index (χ3v) is 4.12. The number of nitrogens with one attached hydrogen (secondary N) is 1. The zero-order valence-corrected chi connectivity index (χ0v) is 14.2. The number of nitrogens with zero attached hydrogens (tertiary/aromatic N) is 1. The molecule has 3 aromatic rings. The lowest BCUT2D eigenvalue weighted by atomic mass is 10.1. The highest BCUT2D eigenvalue weighted by atomic mass is 16.5. The summed E-state index contributed by atoms with van der Waals surface area (Å²) in [6.45, 7) is 0.394. The first-order valence-electron chi connectivity index (χ1n) is 8.05. The first-order chi connectivity index (χ1) is 12.1. The van der Waals surface area contributed by atoms with Crippen LogP contribution in [-0.2, 0) is 24.8 Å². The lowest BCUT2D eigenvalue weighted by Gasteiger charge is -2.07. The number of oxazole rings is 1. The van der Waals surface area contributed by atoms with Crippen LogP contribution in [0.2, 0.25) is 0 Å². The molecule has 0 saturated carbocycles. The van der Waals surface area contributed by atoms with Crippen LogP contribution in [0.25, 0.3) is 11.1 Å². The van der Waals surface area contributed by atoms with Gasteiger partial charge in [-0.05, 0) is 41.8 Å². The molecule has 0 aliphatic heterocycles. The van der Waals surface area contributed by atoms with Crippen LogP contribution in [0.1, 0.15) is 17.5 Å². The van der Waals surface area contributed by atoms with Crippen LogP contribution < -0.4 is 15.8 Å². The number of hydrogen-bond donors (Lipinski definition) is 1. The first-order valence-corrected chi connectivity index (χ1v) is 8.05. The SMILES string of the molecule is COc1cccc(CCC(=O)NCc2ccc3c(c2)oc(=O)n3C)c1. The highest BCUT2D eigenvalue weighted by Gasteiger charge is 2.08. The minimum Gasteiger partial charge on any atom is -0.497 e. The second kappa shape index (κ2) is 7.25. The number of ether oxygens (including phenoxy) is 1. The molecule has 6 heteroatoms. The van der Waals surface area contributed by atoms with Gasteiger partial charge in [-0.3, -0.25) is 9.36 Å². The van der Waals surface area contributed by atoms with Gasteiger partial charge in [0.15, 0.2) is 5.58 Å². The molecule has 1 aromatic heterocycles. The fourth-order valence-corrected chi connectivity index (χ4v) is 2.66. The zero-order valence-electron chi connectivity index (χ0n) is 14.2. The molecule has 0 bridgehead atoms. The van der Waals surface area contributed by atoms with E-state index in [0.717, 1.165) is 22.4 Å². The molecular formula is C19H20N2O4. The largest absolute Gasteiger partial charge is 0.497 e. The van der Waals surface area contributed by atoms with Crippen LogP contribution >= 0.6 is 0 Å². The number of carbonyl (C=O) groups excluding carboxylic acids is 1. The minimum atomic E-state index is -0.394. The number of aromatic nitrogens is 1. The number of fused-ring (bicyclic) bond motifs is 1. The number of benzene rings is 2. The van der Waals surface area contributed by atoms with E-state index in [4.69, 9.17) is 9.15 Å². The summed E-state index contributed by atoms with van der Waals surface area (Å²) in [6.07, 6.45) is 1.05. The van der Waals surface area contributed by atoms with E-state index < -0.39 is 5.76 Å². The van der Waals surface area contributed by atoms with Crippen LogP contribution in [0.3, 0.4) is 0 Å². The monoisotopic (exact) mass is 340 g/mol. The molecule has 1 amide bonds. The second-order valence-electron chi connectivity index (χ2n) is 5.86. The lowest BCUT2D eigenvalue weighted by Crippen LogP contribution is -2.22. The molecule has 0 fully saturated rings. The summed E-state index contributed by atoms with van der Waals surface area (Å²) >= 11 is 0. The molecule has 0 spiro atoms. The summed E-state index contributed by atoms with van der Waals surface area (Å²) in [7, 11) is 3.28. The summed E-state index contributed by atoms with van der Waals surface area (Å²) in [6, 6.07) is 13.2. The number of hydrogen-bond acceptors (Lipinski definition) is 4. The van der Waals surface area contributed by atoms with Crippen molar-refractivity contribution in [2.75, 3.05) is 7.11 Å². The Kier molecular flexibility index (Phi) is 4.88. The van der Waals surface area contributed by atoms with Gasteiger partial charge < -0.3 is 14.5 Å². The summed E-state index contributed by atoms with van der Waals surface area (Å²) in [5.41, 5.74) is 3.20.